The molecule has 3 heterocycles. The average Bonchev–Trinajstić information content (AvgIpc) is 2.93. The zero-order chi connectivity index (χ0) is 26.3. The van der Waals surface area contributed by atoms with Gasteiger partial charge in [-0.15, -0.1) is 0 Å². The van der Waals surface area contributed by atoms with Crippen molar-refractivity contribution < 1.29 is 17.6 Å². The number of nitrogens with zero attached hydrogens (tertiary/aromatic N) is 5. The zero-order valence-electron chi connectivity index (χ0n) is 21.1. The lowest BCUT2D eigenvalue weighted by atomic mass is 9.97. The van der Waals surface area contributed by atoms with Crippen LogP contribution in [0.1, 0.15) is 37.9 Å². The number of allylic oxidation sites excluding steroid dienone is 1. The third kappa shape index (κ3) is 5.98. The summed E-state index contributed by atoms with van der Waals surface area (Å²) in [6.45, 7) is 7.56. The number of imidazole rings is 1. The molecule has 36 heavy (non-hydrogen) atoms. The third-order valence-corrected chi connectivity index (χ3v) is 6.49. The SMILES string of the molecule is Cn1c2c(n(CC(C)(C)C)c1=O)=CC=CC(c1cccc(CN3CCN(CC(F)(F)F)CC3)c1F)N=2. The molecule has 6 nitrogen and oxygen atoms in total. The van der Waals surface area contributed by atoms with Crippen LogP contribution in [-0.2, 0) is 20.1 Å². The van der Waals surface area contributed by atoms with Gasteiger partial charge in [-0.3, -0.25) is 23.9 Å². The lowest BCUT2D eigenvalue weighted by Crippen LogP contribution is -2.48. The highest BCUT2D eigenvalue weighted by molar-refractivity contribution is 5.39. The van der Waals surface area contributed by atoms with E-state index in [2.05, 4.69) is 20.8 Å². The Balaban J connectivity index is 1.57. The van der Waals surface area contributed by atoms with Crippen molar-refractivity contribution in [2.45, 2.75) is 46.1 Å². The van der Waals surface area contributed by atoms with Crippen molar-refractivity contribution in [1.82, 2.24) is 18.9 Å². The molecule has 0 bridgehead atoms. The second-order valence-electron chi connectivity index (χ2n) is 10.8. The summed E-state index contributed by atoms with van der Waals surface area (Å²) in [5.74, 6) is -0.379. The molecule has 2 aliphatic heterocycles. The van der Waals surface area contributed by atoms with Gasteiger partial charge in [0.1, 0.15) is 5.82 Å². The Kier molecular flexibility index (Phi) is 7.30. The zero-order valence-corrected chi connectivity index (χ0v) is 21.1. The van der Waals surface area contributed by atoms with E-state index in [1.165, 1.54) is 9.47 Å². The van der Waals surface area contributed by atoms with E-state index < -0.39 is 18.8 Å². The van der Waals surface area contributed by atoms with Crippen LogP contribution in [0.2, 0.25) is 0 Å². The minimum Gasteiger partial charge on any atom is -0.296 e. The molecule has 0 spiro atoms. The van der Waals surface area contributed by atoms with Gasteiger partial charge in [-0.2, -0.15) is 13.2 Å². The predicted molar refractivity (Wildman–Crippen MR) is 130 cm³/mol. The fourth-order valence-corrected chi connectivity index (χ4v) is 4.76. The fourth-order valence-electron chi connectivity index (χ4n) is 4.76. The highest BCUT2D eigenvalue weighted by atomic mass is 19.4. The molecule has 10 heteroatoms. The van der Waals surface area contributed by atoms with Gasteiger partial charge in [0.2, 0.25) is 0 Å². The van der Waals surface area contributed by atoms with E-state index in [0.717, 1.165) is 0 Å². The van der Waals surface area contributed by atoms with Crippen molar-refractivity contribution >= 4 is 6.08 Å². The summed E-state index contributed by atoms with van der Waals surface area (Å²) in [6, 6.07) is 4.56. The molecule has 0 saturated carbocycles. The van der Waals surface area contributed by atoms with Crippen LogP contribution in [-0.4, -0.2) is 57.8 Å². The predicted octanol–water partition coefficient (Wildman–Crippen LogP) is 2.76. The van der Waals surface area contributed by atoms with Gasteiger partial charge in [-0.1, -0.05) is 51.1 Å². The molecule has 0 aliphatic carbocycles. The van der Waals surface area contributed by atoms with E-state index in [1.807, 2.05) is 23.1 Å². The molecule has 0 N–H and O–H groups in total. The van der Waals surface area contributed by atoms with Gasteiger partial charge in [-0.05, 0) is 11.5 Å². The first kappa shape index (κ1) is 26.3. The summed E-state index contributed by atoms with van der Waals surface area (Å²) in [6.07, 6.45) is 1.25. The lowest BCUT2D eigenvalue weighted by Gasteiger charge is -2.35. The maximum Gasteiger partial charge on any atom is 0.401 e. The van der Waals surface area contributed by atoms with E-state index in [4.69, 9.17) is 4.99 Å². The van der Waals surface area contributed by atoms with Crippen LogP contribution >= 0.6 is 0 Å². The molecule has 0 amide bonds. The normalized spacial score (nSPS) is 19.5. The molecule has 2 aromatic rings. The maximum atomic E-state index is 15.7. The Morgan fingerprint density at radius 1 is 1.03 bits per heavy atom. The number of hydrogen-bond acceptors (Lipinski definition) is 4. The summed E-state index contributed by atoms with van der Waals surface area (Å²) < 4.78 is 56.8. The quantitative estimate of drug-likeness (QED) is 0.585. The number of fused-ring (bicyclic) bond motifs is 1. The minimum atomic E-state index is -4.22. The monoisotopic (exact) mass is 507 g/mol. The molecule has 1 aromatic heterocycles. The van der Waals surface area contributed by atoms with E-state index in [-0.39, 0.29) is 16.9 Å². The number of hydrogen-bond donors (Lipinski definition) is 0. The van der Waals surface area contributed by atoms with Crippen LogP contribution in [0.5, 0.6) is 0 Å². The van der Waals surface area contributed by atoms with E-state index in [1.54, 1.807) is 29.8 Å². The van der Waals surface area contributed by atoms with Crippen LogP contribution in [0, 0.1) is 11.2 Å². The van der Waals surface area contributed by atoms with Crippen LogP contribution in [0.15, 0.2) is 40.1 Å². The largest absolute Gasteiger partial charge is 0.401 e. The molecule has 196 valence electrons. The Hall–Kier alpha value is -2.72. The summed E-state index contributed by atoms with van der Waals surface area (Å²) in [4.78, 5) is 21.0. The molecule has 2 aliphatic rings. The molecule has 1 saturated heterocycles. The molecular formula is C26H33F4N5O. The summed E-state index contributed by atoms with van der Waals surface area (Å²) in [5, 5.41) is 0.699. The molecular weight excluding hydrogens is 474 g/mol. The van der Waals surface area contributed by atoms with Gasteiger partial charge in [-0.25, -0.2) is 9.18 Å². The first-order valence-corrected chi connectivity index (χ1v) is 12.1. The Morgan fingerprint density at radius 2 is 1.69 bits per heavy atom. The number of aromatic nitrogens is 2. The smallest absolute Gasteiger partial charge is 0.296 e. The Labute approximate surface area is 207 Å². The molecule has 1 aromatic carbocycles. The number of piperazine rings is 1. The fraction of sp³-hybridized carbons (Fsp3) is 0.538. The summed E-state index contributed by atoms with van der Waals surface area (Å²) >= 11 is 0. The minimum absolute atomic E-state index is 0.110. The van der Waals surface area contributed by atoms with Gasteiger partial charge < -0.3 is 0 Å². The number of halogens is 4. The molecule has 1 unspecified atom stereocenters. The van der Waals surface area contributed by atoms with Crippen molar-refractivity contribution in [3.63, 3.8) is 0 Å². The van der Waals surface area contributed by atoms with E-state index in [9.17, 15) is 18.0 Å². The first-order valence-electron chi connectivity index (χ1n) is 12.1. The van der Waals surface area contributed by atoms with Gasteiger partial charge in [0.25, 0.3) is 0 Å². The van der Waals surface area contributed by atoms with Crippen LogP contribution in [0.4, 0.5) is 17.6 Å². The number of alkyl halides is 3. The van der Waals surface area contributed by atoms with Gasteiger partial charge in [0, 0.05) is 57.4 Å². The Bertz CT molecular complexity index is 1310. The van der Waals surface area contributed by atoms with Gasteiger partial charge >= 0.3 is 11.9 Å². The molecule has 4 rings (SSSR count). The number of rotatable bonds is 5. The summed E-state index contributed by atoms with van der Waals surface area (Å²) in [5.41, 5.74) is 1.11. The number of benzene rings is 1. The topological polar surface area (TPSA) is 45.8 Å². The second-order valence-corrected chi connectivity index (χ2v) is 10.8. The van der Waals surface area contributed by atoms with Crippen molar-refractivity contribution in [3.8, 4) is 0 Å². The maximum absolute atomic E-state index is 15.7. The Morgan fingerprint density at radius 3 is 2.33 bits per heavy atom. The molecule has 1 atom stereocenters. The van der Waals surface area contributed by atoms with Crippen molar-refractivity contribution in [2.75, 3.05) is 32.7 Å². The van der Waals surface area contributed by atoms with Crippen molar-refractivity contribution in [2.24, 2.45) is 17.5 Å². The first-order chi connectivity index (χ1) is 16.8. The molecule has 0 radical (unpaired) electrons. The van der Waals surface area contributed by atoms with Crippen LogP contribution in [0.3, 0.4) is 0 Å². The van der Waals surface area contributed by atoms with Gasteiger partial charge in [0.15, 0.2) is 5.49 Å². The highest BCUT2D eigenvalue weighted by Crippen LogP contribution is 2.26. The highest BCUT2D eigenvalue weighted by Gasteiger charge is 2.32. The van der Waals surface area contributed by atoms with Crippen molar-refractivity contribution in [3.05, 3.63) is 68.6 Å². The summed E-state index contributed by atoms with van der Waals surface area (Å²) in [7, 11) is 1.67. The van der Waals surface area contributed by atoms with Crippen LogP contribution < -0.4 is 16.5 Å². The standard InChI is InChI=1S/C26H33F4N5O/c1-25(2,3)16-35-21-10-6-9-20(31-23(21)32(4)24(35)36)19-8-5-7-18(22(19)27)15-33-11-13-34(14-12-33)17-26(28,29)30/h5-10,20H,11-17H2,1-4H3. The van der Waals surface area contributed by atoms with Crippen molar-refractivity contribution in [1.29, 1.82) is 0 Å². The van der Waals surface area contributed by atoms with Crippen LogP contribution in [0.25, 0.3) is 6.08 Å². The second kappa shape index (κ2) is 9.97. The lowest BCUT2D eigenvalue weighted by molar-refractivity contribution is -0.149. The van der Waals surface area contributed by atoms with Gasteiger partial charge in [0.05, 0.1) is 17.9 Å². The average molecular weight is 508 g/mol. The third-order valence-electron chi connectivity index (χ3n) is 6.49. The van der Waals surface area contributed by atoms with E-state index >= 15 is 4.39 Å². The van der Waals surface area contributed by atoms with E-state index in [0.29, 0.717) is 61.2 Å². The molecule has 1 fully saturated rings.